The Morgan fingerprint density at radius 2 is 2.10 bits per heavy atom. The molecule has 2 aromatic rings. The zero-order chi connectivity index (χ0) is 14.4. The summed E-state index contributed by atoms with van der Waals surface area (Å²) in [6.45, 7) is 6.24. The number of aromatic carboxylic acids is 1. The van der Waals surface area contributed by atoms with Crippen molar-refractivity contribution in [1.29, 1.82) is 0 Å². The second kappa shape index (κ2) is 4.58. The Bertz CT molecular complexity index is 719. The van der Waals surface area contributed by atoms with Gasteiger partial charge < -0.3 is 5.11 Å². The van der Waals surface area contributed by atoms with Crippen molar-refractivity contribution in [3.05, 3.63) is 40.1 Å². The summed E-state index contributed by atoms with van der Waals surface area (Å²) >= 11 is 0. The van der Waals surface area contributed by atoms with Gasteiger partial charge in [0.1, 0.15) is 0 Å². The van der Waals surface area contributed by atoms with Gasteiger partial charge in [-0.05, 0) is 55.7 Å². The molecule has 1 unspecified atom stereocenters. The predicted molar refractivity (Wildman–Crippen MR) is 79.4 cm³/mol. The van der Waals surface area contributed by atoms with Gasteiger partial charge in [0.25, 0.3) is 0 Å². The summed E-state index contributed by atoms with van der Waals surface area (Å²) in [4.78, 5) is 16.6. The molecule has 3 heteroatoms. The van der Waals surface area contributed by atoms with Gasteiger partial charge in [0.2, 0.25) is 0 Å². The van der Waals surface area contributed by atoms with Crippen molar-refractivity contribution in [3.63, 3.8) is 0 Å². The normalized spacial score (nSPS) is 18.1. The number of carboxylic acid groups (broad SMARTS) is 1. The predicted octanol–water partition coefficient (Wildman–Crippen LogP) is 3.67. The number of carboxylic acids is 1. The molecule has 3 rings (SSSR count). The molecular formula is C17H19NO2. The lowest BCUT2D eigenvalue weighted by molar-refractivity contribution is 0.0697. The lowest BCUT2D eigenvalue weighted by atomic mass is 9.83. The van der Waals surface area contributed by atoms with Crippen LogP contribution in [0.3, 0.4) is 0 Å². The summed E-state index contributed by atoms with van der Waals surface area (Å²) in [5.41, 5.74) is 5.51. The summed E-state index contributed by atoms with van der Waals surface area (Å²) in [5.74, 6) is -0.294. The molecule has 1 aliphatic rings. The Labute approximate surface area is 118 Å². The van der Waals surface area contributed by atoms with E-state index < -0.39 is 5.97 Å². The third-order valence-corrected chi connectivity index (χ3v) is 4.51. The molecule has 0 bridgehead atoms. The molecule has 0 amide bonds. The summed E-state index contributed by atoms with van der Waals surface area (Å²) in [6, 6.07) is 3.90. The number of pyridine rings is 1. The number of hydrogen-bond donors (Lipinski definition) is 1. The van der Waals surface area contributed by atoms with Crippen LogP contribution in [0.1, 0.15) is 46.1 Å². The van der Waals surface area contributed by atoms with Crippen LogP contribution in [-0.2, 0) is 12.8 Å². The molecule has 1 aromatic carbocycles. The van der Waals surface area contributed by atoms with Crippen LogP contribution < -0.4 is 0 Å². The maximum absolute atomic E-state index is 11.8. The maximum atomic E-state index is 11.8. The van der Waals surface area contributed by atoms with Crippen LogP contribution in [0, 0.1) is 19.8 Å². The fourth-order valence-corrected chi connectivity index (χ4v) is 3.16. The van der Waals surface area contributed by atoms with E-state index in [0.29, 0.717) is 11.5 Å². The Morgan fingerprint density at radius 1 is 1.35 bits per heavy atom. The van der Waals surface area contributed by atoms with E-state index in [1.807, 2.05) is 26.0 Å². The monoisotopic (exact) mass is 269 g/mol. The lowest BCUT2D eigenvalue weighted by Gasteiger charge is -2.24. The van der Waals surface area contributed by atoms with E-state index in [-0.39, 0.29) is 0 Å². The topological polar surface area (TPSA) is 50.2 Å². The standard InChI is InChI=1S/C17H19NO2/c1-9-4-7-14-13(8-9)15(17(19)20)12-6-5-10(2)11(3)16(12)18-14/h5-6,9H,4,7-8H2,1-3H3,(H,19,20). The van der Waals surface area contributed by atoms with Crippen molar-refractivity contribution in [2.45, 2.75) is 40.0 Å². The molecular weight excluding hydrogens is 250 g/mol. The molecule has 20 heavy (non-hydrogen) atoms. The zero-order valence-electron chi connectivity index (χ0n) is 12.2. The summed E-state index contributed by atoms with van der Waals surface area (Å²) < 4.78 is 0. The molecule has 0 saturated carbocycles. The average Bonchev–Trinajstić information content (AvgIpc) is 2.40. The zero-order valence-corrected chi connectivity index (χ0v) is 12.2. The van der Waals surface area contributed by atoms with Gasteiger partial charge in [0, 0.05) is 11.1 Å². The van der Waals surface area contributed by atoms with E-state index in [1.54, 1.807) is 0 Å². The first kappa shape index (κ1) is 13.1. The molecule has 1 heterocycles. The molecule has 1 atom stereocenters. The van der Waals surface area contributed by atoms with Crippen LogP contribution in [0.15, 0.2) is 12.1 Å². The first-order chi connectivity index (χ1) is 9.49. The van der Waals surface area contributed by atoms with Gasteiger partial charge in [-0.3, -0.25) is 4.98 Å². The molecule has 1 aromatic heterocycles. The summed E-state index contributed by atoms with van der Waals surface area (Å²) in [7, 11) is 0. The van der Waals surface area contributed by atoms with E-state index in [1.165, 1.54) is 0 Å². The molecule has 104 valence electrons. The van der Waals surface area contributed by atoms with Crippen LogP contribution in [0.25, 0.3) is 10.9 Å². The van der Waals surface area contributed by atoms with Crippen LogP contribution in [0.2, 0.25) is 0 Å². The molecule has 0 aliphatic heterocycles. The van der Waals surface area contributed by atoms with Crippen LogP contribution in [-0.4, -0.2) is 16.1 Å². The highest BCUT2D eigenvalue weighted by Crippen LogP contribution is 2.33. The summed E-state index contributed by atoms with van der Waals surface area (Å²) in [5, 5.41) is 10.4. The first-order valence-electron chi connectivity index (χ1n) is 7.14. The van der Waals surface area contributed by atoms with Crippen LogP contribution in [0.4, 0.5) is 0 Å². The SMILES string of the molecule is Cc1ccc2c(C(=O)O)c3c(nc2c1C)CCC(C)C3. The highest BCUT2D eigenvalue weighted by Gasteiger charge is 2.25. The van der Waals surface area contributed by atoms with Gasteiger partial charge in [-0.25, -0.2) is 4.79 Å². The number of aromatic nitrogens is 1. The van der Waals surface area contributed by atoms with Crippen molar-refractivity contribution < 1.29 is 9.90 Å². The van der Waals surface area contributed by atoms with Gasteiger partial charge in [0.15, 0.2) is 0 Å². The highest BCUT2D eigenvalue weighted by molar-refractivity contribution is 6.05. The number of aryl methyl sites for hydroxylation is 3. The fraction of sp³-hybridized carbons (Fsp3) is 0.412. The minimum Gasteiger partial charge on any atom is -0.478 e. The Kier molecular flexibility index (Phi) is 3.00. The quantitative estimate of drug-likeness (QED) is 0.859. The molecule has 1 aliphatic carbocycles. The molecule has 0 fully saturated rings. The minimum atomic E-state index is -0.828. The average molecular weight is 269 g/mol. The Morgan fingerprint density at radius 3 is 2.80 bits per heavy atom. The van der Waals surface area contributed by atoms with Crippen molar-refractivity contribution in [2.75, 3.05) is 0 Å². The second-order valence-corrected chi connectivity index (χ2v) is 5.97. The number of carbonyl (C=O) groups is 1. The largest absolute Gasteiger partial charge is 0.478 e. The van der Waals surface area contributed by atoms with Gasteiger partial charge in [-0.1, -0.05) is 19.1 Å². The van der Waals surface area contributed by atoms with Gasteiger partial charge in [-0.2, -0.15) is 0 Å². The number of rotatable bonds is 1. The Hall–Kier alpha value is -1.90. The third-order valence-electron chi connectivity index (χ3n) is 4.51. The van der Waals surface area contributed by atoms with E-state index >= 15 is 0 Å². The van der Waals surface area contributed by atoms with Crippen LogP contribution in [0.5, 0.6) is 0 Å². The number of benzene rings is 1. The van der Waals surface area contributed by atoms with Crippen LogP contribution >= 0.6 is 0 Å². The van der Waals surface area contributed by atoms with Crippen molar-refractivity contribution in [1.82, 2.24) is 4.98 Å². The van der Waals surface area contributed by atoms with E-state index in [0.717, 1.165) is 52.5 Å². The van der Waals surface area contributed by atoms with Crippen molar-refractivity contribution >= 4 is 16.9 Å². The first-order valence-corrected chi connectivity index (χ1v) is 7.14. The molecule has 0 saturated heterocycles. The minimum absolute atomic E-state index is 0.472. The number of hydrogen-bond acceptors (Lipinski definition) is 2. The van der Waals surface area contributed by atoms with E-state index in [2.05, 4.69) is 6.92 Å². The second-order valence-electron chi connectivity index (χ2n) is 5.97. The number of nitrogens with zero attached hydrogens (tertiary/aromatic N) is 1. The van der Waals surface area contributed by atoms with Gasteiger partial charge >= 0.3 is 5.97 Å². The third kappa shape index (κ3) is 1.89. The summed E-state index contributed by atoms with van der Waals surface area (Å²) in [6.07, 6.45) is 2.81. The molecule has 1 N–H and O–H groups in total. The molecule has 0 radical (unpaired) electrons. The lowest BCUT2D eigenvalue weighted by Crippen LogP contribution is -2.18. The highest BCUT2D eigenvalue weighted by atomic mass is 16.4. The van der Waals surface area contributed by atoms with Gasteiger partial charge in [0.05, 0.1) is 11.1 Å². The smallest absolute Gasteiger partial charge is 0.336 e. The maximum Gasteiger partial charge on any atom is 0.336 e. The van der Waals surface area contributed by atoms with Gasteiger partial charge in [-0.15, -0.1) is 0 Å². The van der Waals surface area contributed by atoms with Crippen molar-refractivity contribution in [2.24, 2.45) is 5.92 Å². The van der Waals surface area contributed by atoms with E-state index in [9.17, 15) is 9.90 Å². The van der Waals surface area contributed by atoms with E-state index in [4.69, 9.17) is 4.98 Å². The Balaban J connectivity index is 2.41. The number of fused-ring (bicyclic) bond motifs is 2. The van der Waals surface area contributed by atoms with Crippen molar-refractivity contribution in [3.8, 4) is 0 Å². The molecule has 3 nitrogen and oxygen atoms in total. The molecule has 0 spiro atoms. The fourth-order valence-electron chi connectivity index (χ4n) is 3.16.